The van der Waals surface area contributed by atoms with E-state index in [0.717, 1.165) is 18.8 Å². The van der Waals surface area contributed by atoms with Gasteiger partial charge >= 0.3 is 6.03 Å². The molecule has 2 heterocycles. The Morgan fingerprint density at radius 3 is 2.69 bits per heavy atom. The first-order chi connectivity index (χ1) is 14.2. The van der Waals surface area contributed by atoms with Crippen LogP contribution in [0.15, 0.2) is 30.5 Å². The number of anilines is 3. The summed E-state index contributed by atoms with van der Waals surface area (Å²) in [7, 11) is 3.11. The standard InChI is InChI=1S/C19H26N6O4/c1-27-16-4-3-14(11-17(16)28-2)23-19(26)21-6-5-20-18-12-15(13-22-24-18)25-7-9-29-10-8-25/h3-4,11-13H,5-10H2,1-2H3,(H,20,24)(H2,21,23,26). The van der Waals surface area contributed by atoms with E-state index in [1.165, 1.54) is 0 Å². The number of aromatic nitrogens is 2. The Kier molecular flexibility index (Phi) is 7.28. The maximum atomic E-state index is 12.1. The maximum Gasteiger partial charge on any atom is 0.319 e. The third-order valence-corrected chi connectivity index (χ3v) is 4.37. The van der Waals surface area contributed by atoms with Crippen molar-refractivity contribution < 1.29 is 19.0 Å². The van der Waals surface area contributed by atoms with Crippen molar-refractivity contribution in [3.8, 4) is 11.5 Å². The Bertz CT molecular complexity index is 813. The Hall–Kier alpha value is -3.27. The molecule has 1 aliphatic rings. The minimum Gasteiger partial charge on any atom is -0.493 e. The van der Waals surface area contributed by atoms with Gasteiger partial charge in [-0.3, -0.25) is 0 Å². The van der Waals surface area contributed by atoms with E-state index in [2.05, 4.69) is 31.0 Å². The molecule has 2 aromatic rings. The molecular weight excluding hydrogens is 376 g/mol. The van der Waals surface area contributed by atoms with Crippen molar-refractivity contribution >= 4 is 23.2 Å². The van der Waals surface area contributed by atoms with E-state index in [9.17, 15) is 4.79 Å². The number of ether oxygens (including phenoxy) is 3. The summed E-state index contributed by atoms with van der Waals surface area (Å²) in [5, 5.41) is 16.8. The molecule has 1 saturated heterocycles. The van der Waals surface area contributed by atoms with Crippen molar-refractivity contribution in [1.29, 1.82) is 0 Å². The van der Waals surface area contributed by atoms with Gasteiger partial charge in [0.1, 0.15) is 0 Å². The summed E-state index contributed by atoms with van der Waals surface area (Å²) in [5.74, 6) is 1.81. The highest BCUT2D eigenvalue weighted by molar-refractivity contribution is 5.89. The number of nitrogens with zero attached hydrogens (tertiary/aromatic N) is 3. The van der Waals surface area contributed by atoms with Gasteiger partial charge in [0.05, 0.1) is 39.3 Å². The van der Waals surface area contributed by atoms with E-state index in [0.29, 0.717) is 49.3 Å². The number of morpholine rings is 1. The molecule has 0 unspecified atom stereocenters. The van der Waals surface area contributed by atoms with Crippen molar-refractivity contribution in [3.63, 3.8) is 0 Å². The van der Waals surface area contributed by atoms with Gasteiger partial charge in [-0.1, -0.05) is 0 Å². The Morgan fingerprint density at radius 2 is 1.93 bits per heavy atom. The topological polar surface area (TPSA) is 110 Å². The van der Waals surface area contributed by atoms with Gasteiger partial charge in [0.25, 0.3) is 0 Å². The highest BCUT2D eigenvalue weighted by atomic mass is 16.5. The van der Waals surface area contributed by atoms with Crippen LogP contribution in [0.25, 0.3) is 0 Å². The lowest BCUT2D eigenvalue weighted by Crippen LogP contribution is -2.36. The summed E-state index contributed by atoms with van der Waals surface area (Å²) in [4.78, 5) is 14.3. The molecule has 0 spiro atoms. The molecule has 0 atom stereocenters. The monoisotopic (exact) mass is 402 g/mol. The number of hydrogen-bond acceptors (Lipinski definition) is 8. The zero-order chi connectivity index (χ0) is 20.5. The first kappa shape index (κ1) is 20.5. The Balaban J connectivity index is 1.43. The first-order valence-electron chi connectivity index (χ1n) is 9.36. The van der Waals surface area contributed by atoms with Crippen molar-refractivity contribution in [1.82, 2.24) is 15.5 Å². The SMILES string of the molecule is COc1ccc(NC(=O)NCCNc2cc(N3CCOCC3)cnn2)cc1OC. The molecule has 1 aromatic heterocycles. The lowest BCUT2D eigenvalue weighted by atomic mass is 10.3. The first-order valence-corrected chi connectivity index (χ1v) is 9.36. The van der Waals surface area contributed by atoms with Gasteiger partial charge in [-0.25, -0.2) is 4.79 Å². The van der Waals surface area contributed by atoms with E-state index in [1.807, 2.05) is 6.07 Å². The second-order valence-electron chi connectivity index (χ2n) is 6.28. The molecule has 1 fully saturated rings. The van der Waals surface area contributed by atoms with Gasteiger partial charge in [0.2, 0.25) is 0 Å². The molecule has 3 N–H and O–H groups in total. The highest BCUT2D eigenvalue weighted by Gasteiger charge is 2.12. The zero-order valence-electron chi connectivity index (χ0n) is 16.6. The molecule has 0 radical (unpaired) electrons. The van der Waals surface area contributed by atoms with Crippen LogP contribution in [-0.4, -0.2) is 69.8 Å². The number of urea groups is 1. The Labute approximate surface area is 169 Å². The van der Waals surface area contributed by atoms with Crippen LogP contribution in [0.2, 0.25) is 0 Å². The summed E-state index contributed by atoms with van der Waals surface area (Å²) >= 11 is 0. The largest absolute Gasteiger partial charge is 0.493 e. The highest BCUT2D eigenvalue weighted by Crippen LogP contribution is 2.29. The van der Waals surface area contributed by atoms with E-state index >= 15 is 0 Å². The number of methoxy groups -OCH3 is 2. The van der Waals surface area contributed by atoms with Gasteiger partial charge in [-0.05, 0) is 12.1 Å². The quantitative estimate of drug-likeness (QED) is 0.571. The molecule has 0 bridgehead atoms. The predicted molar refractivity (Wildman–Crippen MR) is 110 cm³/mol. The molecular formula is C19H26N6O4. The average molecular weight is 402 g/mol. The van der Waals surface area contributed by atoms with E-state index in [4.69, 9.17) is 14.2 Å². The lowest BCUT2D eigenvalue weighted by molar-refractivity contribution is 0.122. The zero-order valence-corrected chi connectivity index (χ0v) is 16.6. The Morgan fingerprint density at radius 1 is 1.14 bits per heavy atom. The summed E-state index contributed by atoms with van der Waals surface area (Å²) in [6.07, 6.45) is 1.74. The van der Waals surface area contributed by atoms with Gasteiger partial charge in [0.15, 0.2) is 17.3 Å². The summed E-state index contributed by atoms with van der Waals surface area (Å²) in [6.45, 7) is 4.03. The number of carbonyl (C=O) groups is 1. The second-order valence-corrected chi connectivity index (χ2v) is 6.28. The molecule has 29 heavy (non-hydrogen) atoms. The van der Waals surface area contributed by atoms with Gasteiger partial charge in [0, 0.05) is 44.0 Å². The van der Waals surface area contributed by atoms with Gasteiger partial charge < -0.3 is 35.1 Å². The summed E-state index contributed by atoms with van der Waals surface area (Å²) < 4.78 is 15.8. The van der Waals surface area contributed by atoms with Crippen molar-refractivity contribution in [2.24, 2.45) is 0 Å². The molecule has 2 amide bonds. The van der Waals surface area contributed by atoms with E-state index in [1.54, 1.807) is 38.6 Å². The van der Waals surface area contributed by atoms with Gasteiger partial charge in [-0.2, -0.15) is 5.10 Å². The third-order valence-electron chi connectivity index (χ3n) is 4.37. The van der Waals surface area contributed by atoms with E-state index < -0.39 is 0 Å². The number of amides is 2. The van der Waals surface area contributed by atoms with Crippen LogP contribution >= 0.6 is 0 Å². The van der Waals surface area contributed by atoms with Crippen LogP contribution in [0.1, 0.15) is 0 Å². The van der Waals surface area contributed by atoms with Crippen LogP contribution in [0.5, 0.6) is 11.5 Å². The molecule has 156 valence electrons. The van der Waals surface area contributed by atoms with Crippen LogP contribution in [-0.2, 0) is 4.74 Å². The molecule has 3 rings (SSSR count). The van der Waals surface area contributed by atoms with Crippen LogP contribution in [0.3, 0.4) is 0 Å². The fourth-order valence-corrected chi connectivity index (χ4v) is 2.89. The summed E-state index contributed by atoms with van der Waals surface area (Å²) in [6, 6.07) is 6.81. The minimum absolute atomic E-state index is 0.313. The summed E-state index contributed by atoms with van der Waals surface area (Å²) in [5.41, 5.74) is 1.61. The van der Waals surface area contributed by atoms with Gasteiger partial charge in [-0.15, -0.1) is 5.10 Å². The fourth-order valence-electron chi connectivity index (χ4n) is 2.89. The second kappa shape index (κ2) is 10.3. The molecule has 10 nitrogen and oxygen atoms in total. The number of hydrogen-bond donors (Lipinski definition) is 3. The molecule has 0 aliphatic carbocycles. The van der Waals surface area contributed by atoms with Crippen molar-refractivity contribution in [2.75, 3.05) is 69.1 Å². The lowest BCUT2D eigenvalue weighted by Gasteiger charge is -2.28. The minimum atomic E-state index is -0.313. The average Bonchev–Trinajstić information content (AvgIpc) is 2.77. The fraction of sp³-hybridized carbons (Fsp3) is 0.421. The maximum absolute atomic E-state index is 12.1. The number of carbonyl (C=O) groups excluding carboxylic acids is 1. The smallest absolute Gasteiger partial charge is 0.319 e. The molecule has 1 aliphatic heterocycles. The van der Waals surface area contributed by atoms with Crippen molar-refractivity contribution in [2.45, 2.75) is 0 Å². The molecule has 1 aromatic carbocycles. The van der Waals surface area contributed by atoms with Crippen LogP contribution < -0.4 is 30.3 Å². The number of benzene rings is 1. The van der Waals surface area contributed by atoms with Crippen LogP contribution in [0.4, 0.5) is 22.0 Å². The number of nitrogens with one attached hydrogen (secondary N) is 3. The molecule has 0 saturated carbocycles. The van der Waals surface area contributed by atoms with Crippen LogP contribution in [0, 0.1) is 0 Å². The van der Waals surface area contributed by atoms with Crippen molar-refractivity contribution in [3.05, 3.63) is 30.5 Å². The predicted octanol–water partition coefficient (Wildman–Crippen LogP) is 1.56. The normalized spacial score (nSPS) is 13.5. The molecule has 10 heteroatoms. The third kappa shape index (κ3) is 5.85. The number of rotatable bonds is 8. The van der Waals surface area contributed by atoms with E-state index in [-0.39, 0.29) is 6.03 Å².